The van der Waals surface area contributed by atoms with E-state index in [1.807, 2.05) is 0 Å². The Morgan fingerprint density at radius 2 is 1.58 bits per heavy atom. The molecule has 0 aliphatic heterocycles. The maximum Gasteiger partial charge on any atom is 0.513 e. The molecule has 0 atom stereocenters. The van der Waals surface area contributed by atoms with E-state index < -0.39 is 6.16 Å². The number of carbonyl (C=O) groups excluding carboxylic acids is 3. The highest BCUT2D eigenvalue weighted by Crippen LogP contribution is 2.18. The Hall–Kier alpha value is -3.35. The largest absolute Gasteiger partial charge is 0.513 e. The molecule has 0 aliphatic carbocycles. The van der Waals surface area contributed by atoms with Crippen molar-refractivity contribution < 1.29 is 23.9 Å². The van der Waals surface area contributed by atoms with Crippen molar-refractivity contribution in [3.05, 3.63) is 54.1 Å². The van der Waals surface area contributed by atoms with Crippen LogP contribution in [-0.4, -0.2) is 24.6 Å². The van der Waals surface area contributed by atoms with E-state index in [-0.39, 0.29) is 24.2 Å². The van der Waals surface area contributed by atoms with Crippen molar-refractivity contribution in [1.82, 2.24) is 0 Å². The fourth-order valence-electron chi connectivity index (χ4n) is 2.05. The minimum absolute atomic E-state index is 0.106. The standard InChI is InChI=1S/C19H20N2O5/c1-3-17(22)20-14-6-5-7-15(12-14)21-18(23)13-8-10-16(11-9-13)26-19(24)25-4-2/h5-12H,3-4H2,1-2H3,(H,20,22)(H,21,23). The maximum atomic E-state index is 12.3. The summed E-state index contributed by atoms with van der Waals surface area (Å²) < 4.78 is 9.62. The van der Waals surface area contributed by atoms with Crippen molar-refractivity contribution in [1.29, 1.82) is 0 Å². The fraction of sp³-hybridized carbons (Fsp3) is 0.211. The molecule has 0 unspecified atom stereocenters. The van der Waals surface area contributed by atoms with Crippen LogP contribution in [-0.2, 0) is 9.53 Å². The van der Waals surface area contributed by atoms with Gasteiger partial charge in [-0.3, -0.25) is 9.59 Å². The lowest BCUT2D eigenvalue weighted by atomic mass is 10.2. The third-order valence-corrected chi connectivity index (χ3v) is 3.31. The Kier molecular flexibility index (Phi) is 6.73. The first-order valence-electron chi connectivity index (χ1n) is 8.17. The zero-order chi connectivity index (χ0) is 18.9. The van der Waals surface area contributed by atoms with Crippen LogP contribution in [0.5, 0.6) is 5.75 Å². The van der Waals surface area contributed by atoms with Crippen molar-refractivity contribution >= 4 is 29.3 Å². The van der Waals surface area contributed by atoms with Gasteiger partial charge in [0, 0.05) is 23.4 Å². The van der Waals surface area contributed by atoms with E-state index >= 15 is 0 Å². The van der Waals surface area contributed by atoms with Gasteiger partial charge in [0.1, 0.15) is 5.75 Å². The monoisotopic (exact) mass is 356 g/mol. The molecule has 0 fully saturated rings. The van der Waals surface area contributed by atoms with Crippen LogP contribution < -0.4 is 15.4 Å². The third kappa shape index (κ3) is 5.62. The van der Waals surface area contributed by atoms with Gasteiger partial charge in [-0.15, -0.1) is 0 Å². The summed E-state index contributed by atoms with van der Waals surface area (Å²) in [4.78, 5) is 35.0. The first-order valence-corrected chi connectivity index (χ1v) is 8.17. The molecule has 0 saturated heterocycles. The Balaban J connectivity index is 2.00. The number of benzene rings is 2. The summed E-state index contributed by atoms with van der Waals surface area (Å²) in [5, 5.41) is 5.48. The summed E-state index contributed by atoms with van der Waals surface area (Å²) in [6, 6.07) is 12.9. The highest BCUT2D eigenvalue weighted by Gasteiger charge is 2.09. The number of rotatable bonds is 6. The van der Waals surface area contributed by atoms with Gasteiger partial charge < -0.3 is 20.1 Å². The Morgan fingerprint density at radius 3 is 2.19 bits per heavy atom. The molecule has 2 amide bonds. The highest BCUT2D eigenvalue weighted by molar-refractivity contribution is 6.04. The summed E-state index contributed by atoms with van der Waals surface area (Å²) in [7, 11) is 0. The van der Waals surface area contributed by atoms with Crippen LogP contribution in [0.3, 0.4) is 0 Å². The molecule has 0 aliphatic rings. The predicted octanol–water partition coefficient (Wildman–Crippen LogP) is 3.82. The van der Waals surface area contributed by atoms with Gasteiger partial charge in [0.2, 0.25) is 5.91 Å². The van der Waals surface area contributed by atoms with Crippen LogP contribution in [0.15, 0.2) is 48.5 Å². The molecular formula is C19H20N2O5. The molecule has 0 saturated carbocycles. The second-order valence-corrected chi connectivity index (χ2v) is 5.25. The van der Waals surface area contributed by atoms with Crippen LogP contribution in [0, 0.1) is 0 Å². The summed E-state index contributed by atoms with van der Waals surface area (Å²) >= 11 is 0. The second-order valence-electron chi connectivity index (χ2n) is 5.25. The number of hydrogen-bond acceptors (Lipinski definition) is 5. The fourth-order valence-corrected chi connectivity index (χ4v) is 2.05. The molecular weight excluding hydrogens is 336 g/mol. The average molecular weight is 356 g/mol. The summed E-state index contributed by atoms with van der Waals surface area (Å²) in [6.07, 6.45) is -0.424. The molecule has 7 nitrogen and oxygen atoms in total. The molecule has 0 bridgehead atoms. The lowest BCUT2D eigenvalue weighted by Gasteiger charge is -2.09. The molecule has 0 heterocycles. The van der Waals surface area contributed by atoms with Crippen molar-refractivity contribution in [3.63, 3.8) is 0 Å². The summed E-state index contributed by atoms with van der Waals surface area (Å²) in [6.45, 7) is 3.66. The zero-order valence-electron chi connectivity index (χ0n) is 14.6. The van der Waals surface area contributed by atoms with Gasteiger partial charge in [0.05, 0.1) is 6.61 Å². The van der Waals surface area contributed by atoms with Crippen LogP contribution in [0.4, 0.5) is 16.2 Å². The number of amides is 2. The average Bonchev–Trinajstić information content (AvgIpc) is 2.62. The summed E-state index contributed by atoms with van der Waals surface area (Å²) in [5.41, 5.74) is 1.55. The van der Waals surface area contributed by atoms with E-state index in [0.29, 0.717) is 23.4 Å². The van der Waals surface area contributed by atoms with Crippen molar-refractivity contribution in [2.45, 2.75) is 20.3 Å². The molecule has 2 rings (SSSR count). The Bertz CT molecular complexity index is 787. The topological polar surface area (TPSA) is 93.7 Å². The van der Waals surface area contributed by atoms with E-state index in [4.69, 9.17) is 4.74 Å². The van der Waals surface area contributed by atoms with Gasteiger partial charge in [-0.05, 0) is 49.4 Å². The SMILES string of the molecule is CCOC(=O)Oc1ccc(C(=O)Nc2cccc(NC(=O)CC)c2)cc1. The number of nitrogens with one attached hydrogen (secondary N) is 2. The Labute approximate surface area is 151 Å². The molecule has 2 aromatic carbocycles. The van der Waals surface area contributed by atoms with Crippen LogP contribution >= 0.6 is 0 Å². The quantitative estimate of drug-likeness (QED) is 0.606. The molecule has 26 heavy (non-hydrogen) atoms. The third-order valence-electron chi connectivity index (χ3n) is 3.31. The van der Waals surface area contributed by atoms with E-state index in [0.717, 1.165) is 0 Å². The second kappa shape index (κ2) is 9.22. The normalized spacial score (nSPS) is 9.92. The van der Waals surface area contributed by atoms with E-state index in [1.165, 1.54) is 24.3 Å². The van der Waals surface area contributed by atoms with Gasteiger partial charge in [-0.25, -0.2) is 4.79 Å². The van der Waals surface area contributed by atoms with E-state index in [2.05, 4.69) is 15.4 Å². The van der Waals surface area contributed by atoms with Gasteiger partial charge in [-0.1, -0.05) is 13.0 Å². The van der Waals surface area contributed by atoms with E-state index in [1.54, 1.807) is 38.1 Å². The number of carbonyl (C=O) groups is 3. The van der Waals surface area contributed by atoms with Crippen molar-refractivity contribution in [2.75, 3.05) is 17.2 Å². The number of ether oxygens (including phenoxy) is 2. The molecule has 0 aromatic heterocycles. The predicted molar refractivity (Wildman–Crippen MR) is 97.4 cm³/mol. The number of anilines is 2. The molecule has 136 valence electrons. The minimum atomic E-state index is -0.796. The van der Waals surface area contributed by atoms with E-state index in [9.17, 15) is 14.4 Å². The highest BCUT2D eigenvalue weighted by atomic mass is 16.7. The molecule has 0 spiro atoms. The van der Waals surface area contributed by atoms with Crippen LogP contribution in [0.25, 0.3) is 0 Å². The van der Waals surface area contributed by atoms with Gasteiger partial charge in [0.25, 0.3) is 5.91 Å². The van der Waals surface area contributed by atoms with Gasteiger partial charge in [0.15, 0.2) is 0 Å². The summed E-state index contributed by atoms with van der Waals surface area (Å²) in [5.74, 6) is -0.151. The lowest BCUT2D eigenvalue weighted by molar-refractivity contribution is -0.115. The molecule has 2 aromatic rings. The van der Waals surface area contributed by atoms with Gasteiger partial charge in [-0.2, -0.15) is 0 Å². The van der Waals surface area contributed by atoms with Crippen LogP contribution in [0.2, 0.25) is 0 Å². The number of hydrogen-bond donors (Lipinski definition) is 2. The first kappa shape index (κ1) is 19.0. The molecule has 0 radical (unpaired) electrons. The Morgan fingerprint density at radius 1 is 0.923 bits per heavy atom. The van der Waals surface area contributed by atoms with Crippen LogP contribution in [0.1, 0.15) is 30.6 Å². The van der Waals surface area contributed by atoms with Gasteiger partial charge >= 0.3 is 6.16 Å². The lowest BCUT2D eigenvalue weighted by Crippen LogP contribution is -2.13. The smallest absolute Gasteiger partial charge is 0.434 e. The van der Waals surface area contributed by atoms with Crippen molar-refractivity contribution in [3.8, 4) is 5.75 Å². The first-order chi connectivity index (χ1) is 12.5. The molecule has 7 heteroatoms. The maximum absolute atomic E-state index is 12.3. The molecule has 2 N–H and O–H groups in total. The zero-order valence-corrected chi connectivity index (χ0v) is 14.6. The minimum Gasteiger partial charge on any atom is -0.434 e. The van der Waals surface area contributed by atoms with Crippen molar-refractivity contribution in [2.24, 2.45) is 0 Å².